The summed E-state index contributed by atoms with van der Waals surface area (Å²) in [4.78, 5) is 2.60. The van der Waals surface area contributed by atoms with Crippen LogP contribution in [0.4, 0.5) is 0 Å². The van der Waals surface area contributed by atoms with Gasteiger partial charge >= 0.3 is 0 Å². The Morgan fingerprint density at radius 3 is 2.56 bits per heavy atom. The molecule has 1 aromatic carbocycles. The summed E-state index contributed by atoms with van der Waals surface area (Å²) >= 11 is 0. The van der Waals surface area contributed by atoms with Gasteiger partial charge in [0.2, 0.25) is 0 Å². The Morgan fingerprint density at radius 2 is 1.94 bits per heavy atom. The molecule has 2 rings (SSSR count). The van der Waals surface area contributed by atoms with Crippen LogP contribution in [0.2, 0.25) is 0 Å². The lowest BCUT2D eigenvalue weighted by molar-refractivity contribution is 0.116. The molecule has 1 N–H and O–H groups in total. The molecule has 0 bridgehead atoms. The third-order valence-electron chi connectivity index (χ3n) is 4.04. The smallest absolute Gasteiger partial charge is 0.0237 e. The zero-order chi connectivity index (χ0) is 13.1. The van der Waals surface area contributed by atoms with Gasteiger partial charge in [0.15, 0.2) is 0 Å². The molecule has 18 heavy (non-hydrogen) atoms. The second kappa shape index (κ2) is 5.85. The van der Waals surface area contributed by atoms with Crippen molar-refractivity contribution in [1.82, 2.24) is 10.2 Å². The van der Waals surface area contributed by atoms with Gasteiger partial charge in [-0.05, 0) is 25.3 Å². The zero-order valence-corrected chi connectivity index (χ0v) is 12.1. The molecule has 0 amide bonds. The molecule has 2 atom stereocenters. The van der Waals surface area contributed by atoms with Crippen LogP contribution in [-0.2, 0) is 6.54 Å². The molecule has 1 aliphatic heterocycles. The van der Waals surface area contributed by atoms with E-state index in [0.29, 0.717) is 18.0 Å². The summed E-state index contributed by atoms with van der Waals surface area (Å²) in [6.45, 7) is 12.4. The summed E-state index contributed by atoms with van der Waals surface area (Å²) in [5, 5.41) is 3.65. The molecule has 1 heterocycles. The van der Waals surface area contributed by atoms with Crippen molar-refractivity contribution in [1.29, 1.82) is 0 Å². The van der Waals surface area contributed by atoms with Crippen molar-refractivity contribution in [3.8, 4) is 0 Å². The molecule has 1 fully saturated rings. The summed E-state index contributed by atoms with van der Waals surface area (Å²) in [6.07, 6.45) is 0. The molecule has 2 unspecified atom stereocenters. The quantitative estimate of drug-likeness (QED) is 0.882. The maximum absolute atomic E-state index is 3.65. The first kappa shape index (κ1) is 13.6. The van der Waals surface area contributed by atoms with E-state index in [4.69, 9.17) is 0 Å². The van der Waals surface area contributed by atoms with Gasteiger partial charge in [-0.3, -0.25) is 4.90 Å². The predicted molar refractivity (Wildman–Crippen MR) is 77.7 cm³/mol. The summed E-state index contributed by atoms with van der Waals surface area (Å²) < 4.78 is 0. The van der Waals surface area contributed by atoms with Crippen molar-refractivity contribution in [2.24, 2.45) is 5.92 Å². The summed E-state index contributed by atoms with van der Waals surface area (Å²) in [5.74, 6) is 0.706. The molecule has 0 spiro atoms. The SMILES string of the molecule is Cc1ccc(CN2CC(C(C)C)NCC2C)cc1. The molecule has 0 saturated carbocycles. The molecule has 2 heteroatoms. The molecule has 1 aromatic rings. The first-order valence-electron chi connectivity index (χ1n) is 7.09. The monoisotopic (exact) mass is 246 g/mol. The Bertz CT molecular complexity index is 369. The van der Waals surface area contributed by atoms with E-state index in [-0.39, 0.29) is 0 Å². The highest BCUT2D eigenvalue weighted by Crippen LogP contribution is 2.16. The number of nitrogens with one attached hydrogen (secondary N) is 1. The lowest BCUT2D eigenvalue weighted by Crippen LogP contribution is -2.56. The molecule has 100 valence electrons. The average Bonchev–Trinajstić information content (AvgIpc) is 2.34. The highest BCUT2D eigenvalue weighted by atomic mass is 15.2. The third kappa shape index (κ3) is 3.33. The number of nitrogens with zero attached hydrogens (tertiary/aromatic N) is 1. The molecule has 0 radical (unpaired) electrons. The molecule has 0 aromatic heterocycles. The van der Waals surface area contributed by atoms with Gasteiger partial charge in [0, 0.05) is 31.7 Å². The second-order valence-corrected chi connectivity index (χ2v) is 6.02. The van der Waals surface area contributed by atoms with E-state index in [2.05, 4.69) is 62.2 Å². The van der Waals surface area contributed by atoms with Crippen molar-refractivity contribution in [3.63, 3.8) is 0 Å². The van der Waals surface area contributed by atoms with E-state index < -0.39 is 0 Å². The number of piperazine rings is 1. The van der Waals surface area contributed by atoms with E-state index in [9.17, 15) is 0 Å². The number of rotatable bonds is 3. The van der Waals surface area contributed by atoms with Crippen LogP contribution < -0.4 is 5.32 Å². The van der Waals surface area contributed by atoms with E-state index in [0.717, 1.165) is 19.6 Å². The van der Waals surface area contributed by atoms with Gasteiger partial charge in [0.25, 0.3) is 0 Å². The molecule has 2 nitrogen and oxygen atoms in total. The van der Waals surface area contributed by atoms with Crippen LogP contribution >= 0.6 is 0 Å². The van der Waals surface area contributed by atoms with E-state index in [1.165, 1.54) is 11.1 Å². The van der Waals surface area contributed by atoms with Crippen molar-refractivity contribution in [2.75, 3.05) is 13.1 Å². The van der Waals surface area contributed by atoms with E-state index >= 15 is 0 Å². The average molecular weight is 246 g/mol. The van der Waals surface area contributed by atoms with Gasteiger partial charge in [-0.2, -0.15) is 0 Å². The molecule has 1 aliphatic rings. The number of hydrogen-bond acceptors (Lipinski definition) is 2. The van der Waals surface area contributed by atoms with Crippen LogP contribution in [-0.4, -0.2) is 30.1 Å². The fourth-order valence-corrected chi connectivity index (χ4v) is 2.54. The lowest BCUT2D eigenvalue weighted by atomic mass is 9.99. The van der Waals surface area contributed by atoms with Crippen molar-refractivity contribution < 1.29 is 0 Å². The summed E-state index contributed by atoms with van der Waals surface area (Å²) in [7, 11) is 0. The highest BCUT2D eigenvalue weighted by molar-refractivity contribution is 5.21. The van der Waals surface area contributed by atoms with Gasteiger partial charge < -0.3 is 5.32 Å². The fraction of sp³-hybridized carbons (Fsp3) is 0.625. The lowest BCUT2D eigenvalue weighted by Gasteiger charge is -2.40. The van der Waals surface area contributed by atoms with Gasteiger partial charge in [-0.1, -0.05) is 43.7 Å². The maximum atomic E-state index is 3.65. The van der Waals surface area contributed by atoms with Crippen LogP contribution in [0.15, 0.2) is 24.3 Å². The second-order valence-electron chi connectivity index (χ2n) is 6.02. The molecular weight excluding hydrogens is 220 g/mol. The topological polar surface area (TPSA) is 15.3 Å². The summed E-state index contributed by atoms with van der Waals surface area (Å²) in [5.41, 5.74) is 2.77. The first-order chi connectivity index (χ1) is 8.56. The Hall–Kier alpha value is -0.860. The van der Waals surface area contributed by atoms with Crippen LogP contribution in [0.25, 0.3) is 0 Å². The molecule has 0 aliphatic carbocycles. The van der Waals surface area contributed by atoms with Crippen LogP contribution in [0, 0.1) is 12.8 Å². The highest BCUT2D eigenvalue weighted by Gasteiger charge is 2.26. The fourth-order valence-electron chi connectivity index (χ4n) is 2.54. The standard InChI is InChI=1S/C16H26N2/c1-12(2)16-11-18(14(4)9-17-16)10-15-7-5-13(3)6-8-15/h5-8,12,14,16-17H,9-11H2,1-4H3. The molecule has 1 saturated heterocycles. The van der Waals surface area contributed by atoms with Crippen LogP contribution in [0.5, 0.6) is 0 Å². The van der Waals surface area contributed by atoms with Gasteiger partial charge in [-0.15, -0.1) is 0 Å². The Labute approximate surface area is 111 Å². The minimum absolute atomic E-state index is 0.626. The van der Waals surface area contributed by atoms with Gasteiger partial charge in [-0.25, -0.2) is 0 Å². The van der Waals surface area contributed by atoms with E-state index in [1.54, 1.807) is 0 Å². The van der Waals surface area contributed by atoms with E-state index in [1.807, 2.05) is 0 Å². The number of hydrogen-bond donors (Lipinski definition) is 1. The molecular formula is C16H26N2. The first-order valence-corrected chi connectivity index (χ1v) is 7.09. The third-order valence-corrected chi connectivity index (χ3v) is 4.04. The van der Waals surface area contributed by atoms with Crippen LogP contribution in [0.3, 0.4) is 0 Å². The van der Waals surface area contributed by atoms with Crippen molar-refractivity contribution >= 4 is 0 Å². The van der Waals surface area contributed by atoms with Crippen molar-refractivity contribution in [3.05, 3.63) is 35.4 Å². The summed E-state index contributed by atoms with van der Waals surface area (Å²) in [6, 6.07) is 10.2. The van der Waals surface area contributed by atoms with Gasteiger partial charge in [0.1, 0.15) is 0 Å². The van der Waals surface area contributed by atoms with Gasteiger partial charge in [0.05, 0.1) is 0 Å². The zero-order valence-electron chi connectivity index (χ0n) is 12.1. The Morgan fingerprint density at radius 1 is 1.28 bits per heavy atom. The number of aryl methyl sites for hydroxylation is 1. The maximum Gasteiger partial charge on any atom is 0.0237 e. The number of benzene rings is 1. The Balaban J connectivity index is 2.00. The van der Waals surface area contributed by atoms with Crippen molar-refractivity contribution in [2.45, 2.75) is 46.3 Å². The normalized spacial score (nSPS) is 25.6. The predicted octanol–water partition coefficient (Wildman–Crippen LogP) is 2.81. The largest absolute Gasteiger partial charge is 0.311 e. The minimum Gasteiger partial charge on any atom is -0.311 e. The van der Waals surface area contributed by atoms with Crippen LogP contribution in [0.1, 0.15) is 31.9 Å². The minimum atomic E-state index is 0.626. The Kier molecular flexibility index (Phi) is 4.41.